The molecule has 4 aromatic rings. The molecule has 14 heteroatoms. The maximum absolute atomic E-state index is 13.9. The summed E-state index contributed by atoms with van der Waals surface area (Å²) in [4.78, 5) is 80.3. The van der Waals surface area contributed by atoms with Crippen LogP contribution in [0.25, 0.3) is 0 Å². The first-order valence-electron chi connectivity index (χ1n) is 19.8. The highest BCUT2D eigenvalue weighted by atomic mass is 16.7. The van der Waals surface area contributed by atoms with Gasteiger partial charge in [0.1, 0.15) is 24.9 Å². The van der Waals surface area contributed by atoms with Gasteiger partial charge in [-0.05, 0) is 97.0 Å². The fourth-order valence-corrected chi connectivity index (χ4v) is 6.03. The van der Waals surface area contributed by atoms with Crippen LogP contribution in [0.3, 0.4) is 0 Å². The molecule has 0 bridgehead atoms. The maximum Gasteiger partial charge on any atom is 0.338 e. The Morgan fingerprint density at radius 1 is 0.557 bits per heavy atom. The predicted molar refractivity (Wildman–Crippen MR) is 221 cm³/mol. The number of aryl methyl sites for hydroxylation is 4. The molecule has 0 aliphatic carbocycles. The average Bonchev–Trinajstić information content (AvgIpc) is 3.21. The lowest BCUT2D eigenvalue weighted by atomic mass is 9.97. The quantitative estimate of drug-likeness (QED) is 0.104. The fourth-order valence-electron chi connectivity index (χ4n) is 6.03. The second-order valence-corrected chi connectivity index (χ2v) is 15.7. The van der Waals surface area contributed by atoms with E-state index in [4.69, 9.17) is 33.2 Å². The minimum absolute atomic E-state index is 0.0835. The molecule has 0 aromatic heterocycles. The lowest BCUT2D eigenvalue weighted by Gasteiger charge is -2.44. The fraction of sp³-hybridized carbons (Fsp3) is 0.362. The zero-order valence-corrected chi connectivity index (χ0v) is 35.3. The Morgan fingerprint density at radius 2 is 0.951 bits per heavy atom. The Morgan fingerprint density at radius 3 is 1.38 bits per heavy atom. The van der Waals surface area contributed by atoms with Gasteiger partial charge < -0.3 is 38.5 Å². The Labute approximate surface area is 354 Å². The summed E-state index contributed by atoms with van der Waals surface area (Å²) >= 11 is 0. The van der Waals surface area contributed by atoms with Crippen LogP contribution >= 0.6 is 0 Å². The molecule has 1 N–H and O–H groups in total. The molecule has 14 nitrogen and oxygen atoms in total. The number of rotatable bonds is 15. The van der Waals surface area contributed by atoms with Gasteiger partial charge in [0.15, 0.2) is 24.6 Å². The second-order valence-electron chi connectivity index (χ2n) is 15.7. The van der Waals surface area contributed by atoms with Gasteiger partial charge in [-0.1, -0.05) is 70.8 Å². The third-order valence-corrected chi connectivity index (χ3v) is 9.30. The third kappa shape index (κ3) is 13.6. The molecule has 0 unspecified atom stereocenters. The van der Waals surface area contributed by atoms with Gasteiger partial charge in [0.2, 0.25) is 5.91 Å². The summed E-state index contributed by atoms with van der Waals surface area (Å²) in [5, 5.41) is 2.57. The standard InChI is InChI=1S/C47H51NO13/c1-28-8-16-32(17-9-28)42(51)55-26-36-39(58-43(52)33-18-10-29(2)11-19-33)40(59-44(53)34-20-12-30(3)13-21-34)41(60-45(54)35-22-14-31(4)15-23-35)46(57-36)56-27-37(49)48-25-24-38(50)61-47(5,6)7/h8-23,36,39-41,46H,24-27H2,1-7H3,(H,48,49)/t36-,39-,40+,41+,46+/m1/s1. The van der Waals surface area contributed by atoms with Crippen molar-refractivity contribution in [3.8, 4) is 0 Å². The van der Waals surface area contributed by atoms with Crippen molar-refractivity contribution in [1.29, 1.82) is 0 Å². The molecule has 5 rings (SSSR count). The molecule has 1 heterocycles. The first-order valence-corrected chi connectivity index (χ1v) is 19.8. The predicted octanol–water partition coefficient (Wildman–Crippen LogP) is 6.34. The zero-order chi connectivity index (χ0) is 44.3. The molecule has 1 saturated heterocycles. The highest BCUT2D eigenvalue weighted by Gasteiger charge is 2.54. The van der Waals surface area contributed by atoms with Gasteiger partial charge in [0.25, 0.3) is 0 Å². The van der Waals surface area contributed by atoms with E-state index >= 15 is 0 Å². The van der Waals surface area contributed by atoms with E-state index in [0.29, 0.717) is 0 Å². The summed E-state index contributed by atoms with van der Waals surface area (Å²) in [6, 6.07) is 26.1. The minimum atomic E-state index is -1.68. The van der Waals surface area contributed by atoms with Gasteiger partial charge in [-0.3, -0.25) is 9.59 Å². The second kappa shape index (κ2) is 20.7. The molecule has 0 saturated carbocycles. The van der Waals surface area contributed by atoms with E-state index in [1.807, 2.05) is 27.7 Å². The van der Waals surface area contributed by atoms with Crippen molar-refractivity contribution in [1.82, 2.24) is 5.32 Å². The smallest absolute Gasteiger partial charge is 0.338 e. The van der Waals surface area contributed by atoms with E-state index in [2.05, 4.69) is 5.32 Å². The number of carbonyl (C=O) groups is 6. The van der Waals surface area contributed by atoms with Crippen molar-refractivity contribution in [2.45, 2.75) is 91.2 Å². The molecule has 1 aliphatic heterocycles. The summed E-state index contributed by atoms with van der Waals surface area (Å²) < 4.78 is 41.5. The van der Waals surface area contributed by atoms with Crippen molar-refractivity contribution in [2.75, 3.05) is 19.8 Å². The van der Waals surface area contributed by atoms with Crippen LogP contribution in [0, 0.1) is 27.7 Å². The topological polar surface area (TPSA) is 179 Å². The van der Waals surface area contributed by atoms with Gasteiger partial charge in [-0.25, -0.2) is 19.2 Å². The molecular formula is C47H51NO13. The van der Waals surface area contributed by atoms with Gasteiger partial charge in [-0.15, -0.1) is 0 Å². The molecule has 1 amide bonds. The zero-order valence-electron chi connectivity index (χ0n) is 35.3. The molecular weight excluding hydrogens is 787 g/mol. The van der Waals surface area contributed by atoms with Crippen molar-refractivity contribution in [3.63, 3.8) is 0 Å². The van der Waals surface area contributed by atoms with E-state index in [-0.39, 0.29) is 35.2 Å². The van der Waals surface area contributed by atoms with Gasteiger partial charge in [0.05, 0.1) is 28.7 Å². The number of ether oxygens (including phenoxy) is 7. The number of benzene rings is 4. The van der Waals surface area contributed by atoms with E-state index in [1.165, 1.54) is 24.3 Å². The van der Waals surface area contributed by atoms with Crippen LogP contribution in [0.15, 0.2) is 97.1 Å². The minimum Gasteiger partial charge on any atom is -0.460 e. The van der Waals surface area contributed by atoms with E-state index in [9.17, 15) is 28.8 Å². The number of nitrogens with one attached hydrogen (secondary N) is 1. The largest absolute Gasteiger partial charge is 0.460 e. The van der Waals surface area contributed by atoms with Crippen LogP contribution in [-0.4, -0.2) is 91.8 Å². The first kappa shape index (κ1) is 45.7. The Bertz CT molecular complexity index is 2160. The monoisotopic (exact) mass is 837 g/mol. The van der Waals surface area contributed by atoms with Crippen molar-refractivity contribution < 1.29 is 61.9 Å². The number of carbonyl (C=O) groups excluding carboxylic acids is 6. The van der Waals surface area contributed by atoms with Crippen LogP contribution < -0.4 is 5.32 Å². The Kier molecular flexibility index (Phi) is 15.5. The molecule has 61 heavy (non-hydrogen) atoms. The van der Waals surface area contributed by atoms with Crippen molar-refractivity contribution in [3.05, 3.63) is 142 Å². The van der Waals surface area contributed by atoms with Gasteiger partial charge in [0, 0.05) is 6.54 Å². The summed E-state index contributed by atoms with van der Waals surface area (Å²) in [6.07, 6.45) is -8.17. The van der Waals surface area contributed by atoms with Gasteiger partial charge >= 0.3 is 29.8 Å². The maximum atomic E-state index is 13.9. The lowest BCUT2D eigenvalue weighted by Crippen LogP contribution is -2.63. The molecule has 322 valence electrons. The first-order chi connectivity index (χ1) is 28.9. The van der Waals surface area contributed by atoms with Crippen molar-refractivity contribution >= 4 is 35.8 Å². The van der Waals surface area contributed by atoms with Crippen LogP contribution in [0.5, 0.6) is 0 Å². The highest BCUT2D eigenvalue weighted by Crippen LogP contribution is 2.32. The molecule has 0 radical (unpaired) electrons. The molecule has 0 spiro atoms. The summed E-state index contributed by atoms with van der Waals surface area (Å²) in [5.74, 6) is -4.57. The van der Waals surface area contributed by atoms with Crippen LogP contribution in [0.4, 0.5) is 0 Å². The van der Waals surface area contributed by atoms with Crippen LogP contribution in [-0.2, 0) is 42.7 Å². The number of esters is 5. The molecule has 5 atom stereocenters. The molecule has 4 aromatic carbocycles. The Balaban J connectivity index is 1.52. The lowest BCUT2D eigenvalue weighted by molar-refractivity contribution is -0.296. The average molecular weight is 838 g/mol. The number of hydrogen-bond acceptors (Lipinski definition) is 13. The van der Waals surface area contributed by atoms with Crippen molar-refractivity contribution in [2.24, 2.45) is 0 Å². The van der Waals surface area contributed by atoms with Crippen LogP contribution in [0.1, 0.15) is 90.9 Å². The highest BCUT2D eigenvalue weighted by molar-refractivity contribution is 5.92. The van der Waals surface area contributed by atoms with E-state index in [0.717, 1.165) is 22.3 Å². The van der Waals surface area contributed by atoms with Gasteiger partial charge in [-0.2, -0.15) is 0 Å². The SMILES string of the molecule is Cc1ccc(C(=O)OC[C@H]2O[C@H](OCC(=O)NCCC(=O)OC(C)(C)C)[C@@H](OC(=O)c3ccc(C)cc3)[C@@H](OC(=O)c3ccc(C)cc3)[C@@H]2OC(=O)c2ccc(C)cc2)cc1. The Hall–Kier alpha value is -6.38. The van der Waals surface area contributed by atoms with E-state index < -0.39 is 85.3 Å². The number of amides is 1. The van der Waals surface area contributed by atoms with E-state index in [1.54, 1.807) is 93.6 Å². The third-order valence-electron chi connectivity index (χ3n) is 9.30. The molecule has 1 aliphatic rings. The summed E-state index contributed by atoms with van der Waals surface area (Å²) in [7, 11) is 0. The normalized spacial score (nSPS) is 18.6. The molecule has 1 fully saturated rings. The summed E-state index contributed by atoms with van der Waals surface area (Å²) in [5.41, 5.74) is 3.40. The van der Waals surface area contributed by atoms with Crippen LogP contribution in [0.2, 0.25) is 0 Å². The number of hydrogen-bond donors (Lipinski definition) is 1. The summed E-state index contributed by atoms with van der Waals surface area (Å²) in [6.45, 7) is 11.2.